The zero-order valence-electron chi connectivity index (χ0n) is 22.0. The van der Waals surface area contributed by atoms with Gasteiger partial charge in [-0.2, -0.15) is 10.4 Å². The lowest BCUT2D eigenvalue weighted by atomic mass is 10.1. The summed E-state index contributed by atoms with van der Waals surface area (Å²) in [6.07, 6.45) is 3.61. The Balaban J connectivity index is 1.36. The van der Waals surface area contributed by atoms with Crippen LogP contribution in [0.2, 0.25) is 0 Å². The van der Waals surface area contributed by atoms with Gasteiger partial charge in [-0.15, -0.1) is 0 Å². The van der Waals surface area contributed by atoms with Gasteiger partial charge in [-0.05, 0) is 51.3 Å². The second-order valence-corrected chi connectivity index (χ2v) is 10.2. The van der Waals surface area contributed by atoms with Gasteiger partial charge in [0.2, 0.25) is 0 Å². The lowest BCUT2D eigenvalue weighted by molar-refractivity contribution is -0.121. The number of hydrogen-bond donors (Lipinski definition) is 1. The Morgan fingerprint density at radius 1 is 1.12 bits per heavy atom. The maximum absolute atomic E-state index is 12.9. The van der Waals surface area contributed by atoms with Crippen LogP contribution in [0.3, 0.4) is 0 Å². The molecule has 5 rings (SSSR count). The Morgan fingerprint density at radius 3 is 2.65 bits per heavy atom. The fourth-order valence-corrected chi connectivity index (χ4v) is 5.37. The number of para-hydroxylation sites is 1. The van der Waals surface area contributed by atoms with Crippen molar-refractivity contribution >= 4 is 49.7 Å². The number of hydrazone groups is 1. The van der Waals surface area contributed by atoms with E-state index in [1.54, 1.807) is 13.1 Å². The molecule has 8 nitrogen and oxygen atoms in total. The summed E-state index contributed by atoms with van der Waals surface area (Å²) in [7, 11) is 1.49. The summed E-state index contributed by atoms with van der Waals surface area (Å²) in [5.74, 6) is -0.489. The number of fused-ring (bicyclic) bond motifs is 2. The first-order valence-corrected chi connectivity index (χ1v) is 13.4. The molecule has 200 valence electrons. The van der Waals surface area contributed by atoms with Gasteiger partial charge in [0.05, 0.1) is 12.8 Å². The van der Waals surface area contributed by atoms with Gasteiger partial charge in [-0.25, -0.2) is 5.43 Å². The number of nitrogens with one attached hydrogen (secondary N) is 1. The minimum Gasteiger partial charge on any atom is -0.380 e. The van der Waals surface area contributed by atoms with Crippen molar-refractivity contribution < 1.29 is 9.53 Å². The number of amides is 1. The van der Waals surface area contributed by atoms with Gasteiger partial charge in [0.1, 0.15) is 18.2 Å². The third-order valence-corrected chi connectivity index (χ3v) is 7.88. The molecule has 1 N–H and O–H groups in total. The van der Waals surface area contributed by atoms with Gasteiger partial charge in [0.25, 0.3) is 11.5 Å². The maximum Gasteiger partial charge on any atom is 0.269 e. The number of halogens is 1. The van der Waals surface area contributed by atoms with Crippen molar-refractivity contribution in [3.63, 3.8) is 0 Å². The van der Waals surface area contributed by atoms with Gasteiger partial charge < -0.3 is 13.9 Å². The van der Waals surface area contributed by atoms with E-state index in [-0.39, 0.29) is 18.7 Å². The van der Waals surface area contributed by atoms with Crippen molar-refractivity contribution in [2.45, 2.75) is 26.6 Å². The number of benzene rings is 3. The highest BCUT2D eigenvalue weighted by Crippen LogP contribution is 2.24. The standard InChI is InChI=1S/C31H26BrN5O3/c1-20-30(32)27(19-40-2)26(14-33)31(39)37(20)18-29(38)35-34-15-24-17-36(28-10-6-5-9-25(24)28)16-21-11-12-22-7-3-4-8-23(22)13-21/h3-13,15,17H,16,18-19H2,1-2H3,(H,35,38)/b34-15-. The first-order chi connectivity index (χ1) is 19.4. The molecular formula is C31H26BrN5O3. The van der Waals surface area contributed by atoms with E-state index in [1.165, 1.54) is 28.0 Å². The third-order valence-electron chi connectivity index (χ3n) is 6.83. The van der Waals surface area contributed by atoms with Crippen LogP contribution >= 0.6 is 15.9 Å². The van der Waals surface area contributed by atoms with Crippen LogP contribution in [-0.4, -0.2) is 28.4 Å². The van der Waals surface area contributed by atoms with Crippen LogP contribution in [0, 0.1) is 18.3 Å². The van der Waals surface area contributed by atoms with E-state index in [4.69, 9.17) is 4.74 Å². The molecule has 0 spiro atoms. The van der Waals surface area contributed by atoms with Crippen molar-refractivity contribution in [3.8, 4) is 6.07 Å². The van der Waals surface area contributed by atoms with Crippen molar-refractivity contribution in [1.82, 2.24) is 14.6 Å². The summed E-state index contributed by atoms with van der Waals surface area (Å²) in [5, 5.41) is 17.1. The second kappa shape index (κ2) is 11.7. The summed E-state index contributed by atoms with van der Waals surface area (Å²) in [5.41, 5.74) is 5.96. The number of hydrogen-bond acceptors (Lipinski definition) is 5. The molecule has 9 heteroatoms. The van der Waals surface area contributed by atoms with Gasteiger partial charge in [-0.3, -0.25) is 9.59 Å². The highest BCUT2D eigenvalue weighted by molar-refractivity contribution is 9.10. The number of nitrogens with zero attached hydrogens (tertiary/aromatic N) is 4. The molecule has 0 saturated heterocycles. The average Bonchev–Trinajstić information content (AvgIpc) is 3.31. The number of methoxy groups -OCH3 is 1. The molecule has 0 aliphatic rings. The summed E-state index contributed by atoms with van der Waals surface area (Å²) in [4.78, 5) is 25.6. The molecule has 0 aliphatic carbocycles. The smallest absolute Gasteiger partial charge is 0.269 e. The van der Waals surface area contributed by atoms with E-state index >= 15 is 0 Å². The topological polar surface area (TPSA) is 101 Å². The SMILES string of the molecule is COCc1c(Br)c(C)n(CC(=O)N/N=C\c2cn(Cc3ccc4ccccc4c3)c3ccccc23)c(=O)c1C#N. The zero-order valence-corrected chi connectivity index (χ0v) is 23.6. The van der Waals surface area contributed by atoms with Crippen molar-refractivity contribution in [3.05, 3.63) is 116 Å². The number of carbonyl (C=O) groups is 1. The Kier molecular flexibility index (Phi) is 7.91. The van der Waals surface area contributed by atoms with E-state index in [0.717, 1.165) is 16.5 Å². The van der Waals surface area contributed by atoms with Crippen LogP contribution in [0.5, 0.6) is 0 Å². The van der Waals surface area contributed by atoms with E-state index in [9.17, 15) is 14.9 Å². The fraction of sp³-hybridized carbons (Fsp3) is 0.161. The maximum atomic E-state index is 12.9. The van der Waals surface area contributed by atoms with E-state index in [1.807, 2.05) is 42.6 Å². The van der Waals surface area contributed by atoms with E-state index in [2.05, 4.69) is 67.4 Å². The molecule has 0 unspecified atom stereocenters. The van der Waals surface area contributed by atoms with Crippen molar-refractivity contribution in [2.75, 3.05) is 7.11 Å². The lowest BCUT2D eigenvalue weighted by Gasteiger charge is -2.15. The second-order valence-electron chi connectivity index (χ2n) is 9.39. The number of carbonyl (C=O) groups excluding carboxylic acids is 1. The van der Waals surface area contributed by atoms with Gasteiger partial charge in [0.15, 0.2) is 0 Å². The number of aromatic nitrogens is 2. The molecule has 1 amide bonds. The predicted molar refractivity (Wildman–Crippen MR) is 159 cm³/mol. The Morgan fingerprint density at radius 2 is 1.88 bits per heavy atom. The Hall–Kier alpha value is -4.52. The van der Waals surface area contributed by atoms with Crippen LogP contribution in [0.4, 0.5) is 0 Å². The number of rotatable bonds is 8. The molecule has 3 aromatic carbocycles. The first-order valence-electron chi connectivity index (χ1n) is 12.6. The predicted octanol–water partition coefficient (Wildman–Crippen LogP) is 5.24. The minimum atomic E-state index is -0.550. The van der Waals surface area contributed by atoms with Gasteiger partial charge in [-0.1, -0.05) is 54.6 Å². The zero-order chi connectivity index (χ0) is 28.2. The van der Waals surface area contributed by atoms with Crippen LogP contribution in [0.1, 0.15) is 27.9 Å². The van der Waals surface area contributed by atoms with Crippen LogP contribution < -0.4 is 11.0 Å². The number of nitriles is 1. The monoisotopic (exact) mass is 595 g/mol. The average molecular weight is 596 g/mol. The first kappa shape index (κ1) is 27.1. The van der Waals surface area contributed by atoms with Crippen LogP contribution in [-0.2, 0) is 29.2 Å². The molecule has 0 radical (unpaired) electrons. The van der Waals surface area contributed by atoms with Gasteiger partial charge >= 0.3 is 0 Å². The molecular weight excluding hydrogens is 570 g/mol. The van der Waals surface area contributed by atoms with E-state index in [0.29, 0.717) is 22.3 Å². The van der Waals surface area contributed by atoms with E-state index < -0.39 is 11.5 Å². The van der Waals surface area contributed by atoms with Crippen molar-refractivity contribution in [1.29, 1.82) is 5.26 Å². The molecule has 0 fully saturated rings. The molecule has 0 aliphatic heterocycles. The molecule has 2 heterocycles. The van der Waals surface area contributed by atoms with Gasteiger partial charge in [0, 0.05) is 52.0 Å². The largest absolute Gasteiger partial charge is 0.380 e. The Labute approximate surface area is 239 Å². The highest BCUT2D eigenvalue weighted by atomic mass is 79.9. The Bertz CT molecular complexity index is 1880. The van der Waals surface area contributed by atoms with Crippen LogP contribution in [0.15, 0.2) is 87.3 Å². The number of ether oxygens (including phenoxy) is 1. The summed E-state index contributed by atoms with van der Waals surface area (Å²) >= 11 is 3.44. The molecule has 5 aromatic rings. The highest BCUT2D eigenvalue weighted by Gasteiger charge is 2.19. The molecule has 40 heavy (non-hydrogen) atoms. The molecule has 0 atom stereocenters. The quantitative estimate of drug-likeness (QED) is 0.196. The summed E-state index contributed by atoms with van der Waals surface area (Å²) in [6.45, 7) is 2.20. The van der Waals surface area contributed by atoms with Crippen molar-refractivity contribution in [2.24, 2.45) is 5.10 Å². The van der Waals surface area contributed by atoms with Crippen LogP contribution in [0.25, 0.3) is 21.7 Å². The molecule has 2 aromatic heterocycles. The minimum absolute atomic E-state index is 0.0603. The molecule has 0 saturated carbocycles. The number of pyridine rings is 1. The third kappa shape index (κ3) is 5.32. The lowest BCUT2D eigenvalue weighted by Crippen LogP contribution is -2.33. The summed E-state index contributed by atoms with van der Waals surface area (Å²) in [6, 6.07) is 24.7. The fourth-order valence-electron chi connectivity index (χ4n) is 4.84. The normalized spacial score (nSPS) is 11.3. The molecule has 0 bridgehead atoms. The summed E-state index contributed by atoms with van der Waals surface area (Å²) < 4.78 is 9.10.